The Balaban J connectivity index is 2.04. The monoisotopic (exact) mass is 156 g/mol. The lowest BCUT2D eigenvalue weighted by Crippen LogP contribution is -2.27. The number of fused-ring (bicyclic) bond motifs is 1. The Hall–Kier alpha value is -0.600. The van der Waals surface area contributed by atoms with Gasteiger partial charge in [-0.2, -0.15) is 0 Å². The van der Waals surface area contributed by atoms with Gasteiger partial charge in [0.1, 0.15) is 12.3 Å². The average Bonchev–Trinajstić information content (AvgIpc) is 2.53. The van der Waals surface area contributed by atoms with Crippen LogP contribution in [-0.4, -0.2) is 18.2 Å². The highest BCUT2D eigenvalue weighted by Gasteiger charge is 2.62. The minimum Gasteiger partial charge on any atom is -0.459 e. The quantitative estimate of drug-likeness (QED) is 0.487. The molecule has 0 aromatic heterocycles. The van der Waals surface area contributed by atoms with Gasteiger partial charge in [-0.15, -0.1) is 0 Å². The van der Waals surface area contributed by atoms with Crippen LogP contribution in [0.5, 0.6) is 0 Å². The summed E-state index contributed by atoms with van der Waals surface area (Å²) in [6.07, 6.45) is 0.387. The fraction of sp³-hybridized carbons (Fsp3) is 0.875. The Bertz CT molecular complexity index is 228. The Morgan fingerprint density at radius 2 is 2.27 bits per heavy atom. The molecule has 3 rings (SSSR count). The van der Waals surface area contributed by atoms with E-state index in [2.05, 4.69) is 0 Å². The number of hydrogen-bond donors (Lipinski definition) is 0. The van der Waals surface area contributed by atoms with Crippen LogP contribution in [0.25, 0.3) is 0 Å². The normalized spacial score (nSPS) is 58.6. The first-order valence-electron chi connectivity index (χ1n) is 4.12. The Kier molecular flexibility index (Phi) is 0.866. The molecule has 0 radical (unpaired) electrons. The van der Waals surface area contributed by atoms with E-state index in [-0.39, 0.29) is 29.8 Å². The number of esters is 1. The molecule has 2 aliphatic carbocycles. The Morgan fingerprint density at radius 1 is 1.45 bits per heavy atom. The maximum absolute atomic E-state index is 13.2. The number of alkyl halides is 1. The van der Waals surface area contributed by atoms with Crippen LogP contribution in [0.4, 0.5) is 4.39 Å². The van der Waals surface area contributed by atoms with Crippen LogP contribution in [0, 0.1) is 17.8 Å². The first kappa shape index (κ1) is 5.98. The van der Waals surface area contributed by atoms with Crippen molar-refractivity contribution in [2.45, 2.75) is 25.1 Å². The molecule has 2 saturated carbocycles. The standard InChI is InChI=1S/C8H9FO2/c9-6-3-1-4-5(2-3)8(10)11-7(4)6/h3-7H,1-2H2/t3-,4-,5-,6-,7+/m1/s1. The highest BCUT2D eigenvalue weighted by molar-refractivity contribution is 5.76. The molecular weight excluding hydrogens is 147 g/mol. The highest BCUT2D eigenvalue weighted by Crippen LogP contribution is 2.55. The number of carbonyl (C=O) groups excluding carboxylic acids is 1. The minimum absolute atomic E-state index is 0.0528. The van der Waals surface area contributed by atoms with Gasteiger partial charge in [0.25, 0.3) is 0 Å². The predicted octanol–water partition coefficient (Wildman–Crippen LogP) is 0.906. The highest BCUT2D eigenvalue weighted by atomic mass is 19.1. The maximum atomic E-state index is 13.2. The zero-order chi connectivity index (χ0) is 7.59. The van der Waals surface area contributed by atoms with E-state index in [1.165, 1.54) is 0 Å². The summed E-state index contributed by atoms with van der Waals surface area (Å²) in [5.74, 6) is 0.253. The van der Waals surface area contributed by atoms with Crippen molar-refractivity contribution in [3.05, 3.63) is 0 Å². The van der Waals surface area contributed by atoms with E-state index < -0.39 is 6.17 Å². The number of hydrogen-bond acceptors (Lipinski definition) is 2. The number of halogens is 1. The lowest BCUT2D eigenvalue weighted by molar-refractivity contribution is -0.144. The third kappa shape index (κ3) is 0.522. The second-order valence-corrected chi connectivity index (χ2v) is 3.85. The second-order valence-electron chi connectivity index (χ2n) is 3.85. The van der Waals surface area contributed by atoms with E-state index in [1.54, 1.807) is 0 Å². The van der Waals surface area contributed by atoms with Gasteiger partial charge in [-0.1, -0.05) is 0 Å². The SMILES string of the molecule is O=C1O[C@@H]2[C@H](F)[C@@H]3C[C@@H]2[C@H]1C3. The number of ether oxygens (including phenoxy) is 1. The Morgan fingerprint density at radius 3 is 2.91 bits per heavy atom. The van der Waals surface area contributed by atoms with E-state index in [4.69, 9.17) is 4.74 Å². The minimum atomic E-state index is -0.859. The van der Waals surface area contributed by atoms with E-state index >= 15 is 0 Å². The summed E-state index contributed by atoms with van der Waals surface area (Å²) in [7, 11) is 0. The van der Waals surface area contributed by atoms with Crippen LogP contribution in [0.3, 0.4) is 0 Å². The van der Waals surface area contributed by atoms with Crippen molar-refractivity contribution in [1.29, 1.82) is 0 Å². The van der Waals surface area contributed by atoms with Crippen molar-refractivity contribution < 1.29 is 13.9 Å². The Labute approximate surface area is 63.7 Å². The molecule has 1 heterocycles. The smallest absolute Gasteiger partial charge is 0.309 e. The van der Waals surface area contributed by atoms with Crippen molar-refractivity contribution in [2.75, 3.05) is 0 Å². The molecule has 0 spiro atoms. The van der Waals surface area contributed by atoms with Gasteiger partial charge in [-0.3, -0.25) is 4.79 Å². The summed E-state index contributed by atoms with van der Waals surface area (Å²) in [6.45, 7) is 0. The molecule has 60 valence electrons. The van der Waals surface area contributed by atoms with Crippen LogP contribution in [-0.2, 0) is 9.53 Å². The molecule has 2 bridgehead atoms. The summed E-state index contributed by atoms with van der Waals surface area (Å²) in [5, 5.41) is 0. The summed E-state index contributed by atoms with van der Waals surface area (Å²) in [5.41, 5.74) is 0. The van der Waals surface area contributed by atoms with E-state index in [1.807, 2.05) is 0 Å². The van der Waals surface area contributed by atoms with Crippen molar-refractivity contribution in [3.63, 3.8) is 0 Å². The van der Waals surface area contributed by atoms with Gasteiger partial charge < -0.3 is 4.74 Å². The first-order valence-corrected chi connectivity index (χ1v) is 4.12. The molecule has 0 unspecified atom stereocenters. The predicted molar refractivity (Wildman–Crippen MR) is 34.5 cm³/mol. The average molecular weight is 156 g/mol. The lowest BCUT2D eigenvalue weighted by atomic mass is 9.89. The van der Waals surface area contributed by atoms with E-state index in [0.29, 0.717) is 0 Å². The van der Waals surface area contributed by atoms with Crippen molar-refractivity contribution in [2.24, 2.45) is 17.8 Å². The molecule has 2 nitrogen and oxygen atoms in total. The molecule has 0 amide bonds. The van der Waals surface area contributed by atoms with Gasteiger partial charge in [-0.25, -0.2) is 4.39 Å². The molecule has 1 saturated heterocycles. The topological polar surface area (TPSA) is 26.3 Å². The third-order valence-electron chi connectivity index (χ3n) is 3.39. The maximum Gasteiger partial charge on any atom is 0.309 e. The number of rotatable bonds is 0. The van der Waals surface area contributed by atoms with E-state index in [0.717, 1.165) is 12.8 Å². The third-order valence-corrected chi connectivity index (χ3v) is 3.39. The fourth-order valence-corrected chi connectivity index (χ4v) is 2.88. The van der Waals surface area contributed by atoms with Crippen LogP contribution >= 0.6 is 0 Å². The summed E-state index contributed by atoms with van der Waals surface area (Å²) in [4.78, 5) is 11.0. The number of carbonyl (C=O) groups is 1. The van der Waals surface area contributed by atoms with Gasteiger partial charge in [-0.05, 0) is 18.8 Å². The fourth-order valence-electron chi connectivity index (χ4n) is 2.88. The molecule has 0 aromatic rings. The van der Waals surface area contributed by atoms with Gasteiger partial charge >= 0.3 is 5.97 Å². The van der Waals surface area contributed by atoms with Gasteiger partial charge in [0.15, 0.2) is 0 Å². The molecule has 11 heavy (non-hydrogen) atoms. The zero-order valence-electron chi connectivity index (χ0n) is 6.00. The summed E-state index contributed by atoms with van der Waals surface area (Å²) < 4.78 is 18.1. The molecule has 3 heteroatoms. The van der Waals surface area contributed by atoms with Crippen LogP contribution in [0.1, 0.15) is 12.8 Å². The van der Waals surface area contributed by atoms with Gasteiger partial charge in [0.2, 0.25) is 0 Å². The van der Waals surface area contributed by atoms with Gasteiger partial charge in [0.05, 0.1) is 5.92 Å². The van der Waals surface area contributed by atoms with Crippen LogP contribution in [0.2, 0.25) is 0 Å². The zero-order valence-corrected chi connectivity index (χ0v) is 6.00. The summed E-state index contributed by atoms with van der Waals surface area (Å²) in [6, 6.07) is 0. The molecule has 0 aromatic carbocycles. The second kappa shape index (κ2) is 1.59. The van der Waals surface area contributed by atoms with Crippen LogP contribution in [0.15, 0.2) is 0 Å². The molecule has 1 aliphatic heterocycles. The molecule has 3 aliphatic rings. The molecule has 3 fully saturated rings. The van der Waals surface area contributed by atoms with Crippen LogP contribution < -0.4 is 0 Å². The molecule has 0 N–H and O–H groups in total. The van der Waals surface area contributed by atoms with Crippen molar-refractivity contribution >= 4 is 5.97 Å². The van der Waals surface area contributed by atoms with Gasteiger partial charge in [0, 0.05) is 5.92 Å². The molecule has 5 atom stereocenters. The first-order chi connectivity index (χ1) is 5.27. The lowest BCUT2D eigenvalue weighted by Gasteiger charge is -2.17. The van der Waals surface area contributed by atoms with E-state index in [9.17, 15) is 9.18 Å². The van der Waals surface area contributed by atoms with Crippen molar-refractivity contribution in [1.82, 2.24) is 0 Å². The summed E-state index contributed by atoms with van der Waals surface area (Å²) >= 11 is 0. The molecular formula is C8H9FO2. The largest absolute Gasteiger partial charge is 0.459 e. The van der Waals surface area contributed by atoms with Crippen molar-refractivity contribution in [3.8, 4) is 0 Å².